The summed E-state index contributed by atoms with van der Waals surface area (Å²) in [6.07, 6.45) is 9.42. The van der Waals surface area contributed by atoms with Crippen LogP contribution in [0.3, 0.4) is 0 Å². The lowest BCUT2D eigenvalue weighted by atomic mass is 9.84. The monoisotopic (exact) mass is 255 g/mol. The first kappa shape index (κ1) is 13.9. The molecule has 2 atom stereocenters. The zero-order valence-corrected chi connectivity index (χ0v) is 12.5. The molecule has 1 N–H and O–H groups in total. The topological polar surface area (TPSA) is 12.0 Å². The Morgan fingerprint density at radius 3 is 2.37 bits per heavy atom. The van der Waals surface area contributed by atoms with Crippen molar-refractivity contribution < 1.29 is 0 Å². The molecule has 1 aromatic rings. The molecule has 0 radical (unpaired) electrons. The highest BCUT2D eigenvalue weighted by molar-refractivity contribution is 5.54. The number of rotatable bonds is 4. The summed E-state index contributed by atoms with van der Waals surface area (Å²) in [7, 11) is 0. The zero-order valence-electron chi connectivity index (χ0n) is 12.5. The van der Waals surface area contributed by atoms with Gasteiger partial charge in [-0.25, -0.2) is 0 Å². The third-order valence-electron chi connectivity index (χ3n) is 4.20. The predicted molar refractivity (Wildman–Crippen MR) is 84.3 cm³/mol. The molecule has 0 bridgehead atoms. The Hall–Kier alpha value is -1.50. The fraction of sp³-hybridized carbons (Fsp3) is 0.444. The summed E-state index contributed by atoms with van der Waals surface area (Å²) in [6, 6.07) is 6.55. The number of allylic oxidation sites excluding steroid dienone is 3. The molecule has 0 spiro atoms. The molecule has 1 heteroatoms. The average molecular weight is 255 g/mol. The van der Waals surface area contributed by atoms with Crippen molar-refractivity contribution in [1.29, 1.82) is 0 Å². The van der Waals surface area contributed by atoms with Gasteiger partial charge in [0.05, 0.1) is 0 Å². The van der Waals surface area contributed by atoms with E-state index in [1.54, 1.807) is 0 Å². The summed E-state index contributed by atoms with van der Waals surface area (Å²) in [5.41, 5.74) is 5.10. The minimum absolute atomic E-state index is 0.670. The third-order valence-corrected chi connectivity index (χ3v) is 4.20. The van der Waals surface area contributed by atoms with Crippen LogP contribution >= 0.6 is 0 Å². The normalized spacial score (nSPS) is 22.2. The minimum atomic E-state index is 0.670. The highest BCUT2D eigenvalue weighted by atomic mass is 14.9. The first-order valence-corrected chi connectivity index (χ1v) is 7.38. The maximum atomic E-state index is 3.53. The maximum absolute atomic E-state index is 3.53. The van der Waals surface area contributed by atoms with Crippen LogP contribution in [0.5, 0.6) is 0 Å². The first-order valence-electron chi connectivity index (χ1n) is 7.38. The van der Waals surface area contributed by atoms with Gasteiger partial charge in [-0.3, -0.25) is 0 Å². The van der Waals surface area contributed by atoms with Gasteiger partial charge in [-0.1, -0.05) is 32.1 Å². The molecule has 102 valence electrons. The second kappa shape index (κ2) is 6.10. The van der Waals surface area contributed by atoms with Crippen LogP contribution < -0.4 is 5.32 Å². The van der Waals surface area contributed by atoms with Crippen LogP contribution in [0.1, 0.15) is 37.8 Å². The van der Waals surface area contributed by atoms with Crippen LogP contribution in [0.25, 0.3) is 0 Å². The number of nitrogens with one attached hydrogen (secondary N) is 1. The van der Waals surface area contributed by atoms with Gasteiger partial charge in [-0.15, -0.1) is 0 Å². The highest BCUT2D eigenvalue weighted by Gasteiger charge is 2.17. The van der Waals surface area contributed by atoms with Gasteiger partial charge in [0.25, 0.3) is 0 Å². The largest absolute Gasteiger partial charge is 0.356 e. The summed E-state index contributed by atoms with van der Waals surface area (Å²) in [4.78, 5) is 0. The predicted octanol–water partition coefficient (Wildman–Crippen LogP) is 5.22. The molecular formula is C18H25N. The lowest BCUT2D eigenvalue weighted by Crippen LogP contribution is -2.15. The third kappa shape index (κ3) is 3.28. The lowest BCUT2D eigenvalue weighted by Gasteiger charge is -2.24. The molecule has 1 aliphatic rings. The Morgan fingerprint density at radius 2 is 1.74 bits per heavy atom. The summed E-state index contributed by atoms with van der Waals surface area (Å²) < 4.78 is 0. The van der Waals surface area contributed by atoms with Gasteiger partial charge in [0.1, 0.15) is 0 Å². The van der Waals surface area contributed by atoms with E-state index in [1.165, 1.54) is 35.4 Å². The minimum Gasteiger partial charge on any atom is -0.356 e. The zero-order chi connectivity index (χ0) is 13.8. The van der Waals surface area contributed by atoms with Gasteiger partial charge in [0.15, 0.2) is 0 Å². The smallest absolute Gasteiger partial charge is 0.0386 e. The van der Waals surface area contributed by atoms with Crippen molar-refractivity contribution in [3.8, 4) is 0 Å². The van der Waals surface area contributed by atoms with E-state index < -0.39 is 0 Å². The van der Waals surface area contributed by atoms with Gasteiger partial charge < -0.3 is 5.32 Å². The summed E-state index contributed by atoms with van der Waals surface area (Å²) in [5.74, 6) is 1.37. The van der Waals surface area contributed by atoms with Gasteiger partial charge in [-0.05, 0) is 67.9 Å². The van der Waals surface area contributed by atoms with Crippen molar-refractivity contribution in [2.75, 3.05) is 5.32 Å². The van der Waals surface area contributed by atoms with Crippen molar-refractivity contribution in [2.24, 2.45) is 11.8 Å². The second-order valence-corrected chi connectivity index (χ2v) is 5.55. The second-order valence-electron chi connectivity index (χ2n) is 5.55. The number of aryl methyl sites for hydroxylation is 2. The molecule has 2 unspecified atom stereocenters. The van der Waals surface area contributed by atoms with Crippen LogP contribution in [0.4, 0.5) is 5.69 Å². The highest BCUT2D eigenvalue weighted by Crippen LogP contribution is 2.28. The molecular weight excluding hydrogens is 230 g/mol. The Morgan fingerprint density at radius 1 is 1.00 bits per heavy atom. The molecule has 0 fully saturated rings. The van der Waals surface area contributed by atoms with E-state index in [9.17, 15) is 0 Å². The fourth-order valence-corrected chi connectivity index (χ4v) is 2.71. The quantitative estimate of drug-likeness (QED) is 0.777. The Bertz CT molecular complexity index is 496. The average Bonchev–Trinajstić information content (AvgIpc) is 2.43. The Labute approximate surface area is 117 Å². The van der Waals surface area contributed by atoms with Crippen LogP contribution in [-0.2, 0) is 0 Å². The number of anilines is 1. The summed E-state index contributed by atoms with van der Waals surface area (Å²) >= 11 is 0. The Balaban J connectivity index is 2.13. The van der Waals surface area contributed by atoms with Gasteiger partial charge >= 0.3 is 0 Å². The molecule has 0 heterocycles. The molecule has 0 amide bonds. The molecule has 0 aromatic heterocycles. The standard InChI is InChI=1S/C18H25N/c1-5-15-8-10-18(12-16(15)6-2)19-17-9-7-13(3)14(4)11-17/h7-12,15-16,19H,5-6H2,1-4H3. The van der Waals surface area contributed by atoms with Crippen LogP contribution in [0.2, 0.25) is 0 Å². The van der Waals surface area contributed by atoms with E-state index in [0.717, 1.165) is 0 Å². The van der Waals surface area contributed by atoms with E-state index in [-0.39, 0.29) is 0 Å². The molecule has 0 saturated carbocycles. The van der Waals surface area contributed by atoms with Crippen molar-refractivity contribution in [3.05, 3.63) is 53.3 Å². The lowest BCUT2D eigenvalue weighted by molar-refractivity contribution is 0.443. The van der Waals surface area contributed by atoms with E-state index in [1.807, 2.05) is 0 Å². The van der Waals surface area contributed by atoms with Gasteiger partial charge in [0.2, 0.25) is 0 Å². The molecule has 1 aliphatic carbocycles. The van der Waals surface area contributed by atoms with Gasteiger partial charge in [0, 0.05) is 11.4 Å². The summed E-state index contributed by atoms with van der Waals surface area (Å²) in [5, 5.41) is 3.53. The van der Waals surface area contributed by atoms with Crippen molar-refractivity contribution in [2.45, 2.75) is 40.5 Å². The van der Waals surface area contributed by atoms with E-state index >= 15 is 0 Å². The van der Waals surface area contributed by atoms with Crippen molar-refractivity contribution >= 4 is 5.69 Å². The number of benzene rings is 1. The van der Waals surface area contributed by atoms with E-state index in [2.05, 4.69) is 69.4 Å². The van der Waals surface area contributed by atoms with Gasteiger partial charge in [-0.2, -0.15) is 0 Å². The molecule has 1 aromatic carbocycles. The van der Waals surface area contributed by atoms with Crippen molar-refractivity contribution in [3.63, 3.8) is 0 Å². The van der Waals surface area contributed by atoms with Crippen molar-refractivity contribution in [1.82, 2.24) is 0 Å². The van der Waals surface area contributed by atoms with E-state index in [4.69, 9.17) is 0 Å². The molecule has 19 heavy (non-hydrogen) atoms. The van der Waals surface area contributed by atoms with Crippen LogP contribution in [0, 0.1) is 25.7 Å². The summed E-state index contributed by atoms with van der Waals surface area (Å²) in [6.45, 7) is 8.86. The number of hydrogen-bond donors (Lipinski definition) is 1. The first-order chi connectivity index (χ1) is 9.13. The fourth-order valence-electron chi connectivity index (χ4n) is 2.71. The molecule has 1 nitrogen and oxygen atoms in total. The maximum Gasteiger partial charge on any atom is 0.0386 e. The van der Waals surface area contributed by atoms with Crippen LogP contribution in [-0.4, -0.2) is 0 Å². The van der Waals surface area contributed by atoms with E-state index in [0.29, 0.717) is 11.8 Å². The molecule has 0 saturated heterocycles. The molecule has 0 aliphatic heterocycles. The number of hydrogen-bond acceptors (Lipinski definition) is 1. The Kier molecular flexibility index (Phi) is 4.47. The molecule has 2 rings (SSSR count). The SMILES string of the molecule is CCC1C=CC(Nc2ccc(C)c(C)c2)=CC1CC. The van der Waals surface area contributed by atoms with Crippen LogP contribution in [0.15, 0.2) is 42.1 Å².